The zero-order valence-electron chi connectivity index (χ0n) is 12.5. The van der Waals surface area contributed by atoms with E-state index in [0.717, 1.165) is 18.9 Å². The van der Waals surface area contributed by atoms with E-state index >= 15 is 0 Å². The Morgan fingerprint density at radius 3 is 2.87 bits per heavy atom. The predicted octanol–water partition coefficient (Wildman–Crippen LogP) is 1.67. The van der Waals surface area contributed by atoms with Crippen LogP contribution in [0.3, 0.4) is 0 Å². The topological polar surface area (TPSA) is 119 Å². The van der Waals surface area contributed by atoms with Crippen LogP contribution in [0.2, 0.25) is 0 Å². The first-order valence-electron chi connectivity index (χ1n) is 7.40. The summed E-state index contributed by atoms with van der Waals surface area (Å²) in [5, 5.41) is 22.5. The highest BCUT2D eigenvalue weighted by molar-refractivity contribution is 5.98. The van der Waals surface area contributed by atoms with Crippen LogP contribution in [0.1, 0.15) is 36.0 Å². The lowest BCUT2D eigenvalue weighted by molar-refractivity contribution is -0.384. The number of nitrogens with one attached hydrogen (secondary N) is 1. The van der Waals surface area contributed by atoms with Crippen LogP contribution >= 0.6 is 0 Å². The molecule has 1 saturated carbocycles. The number of non-ortho nitro benzene ring substituents is 1. The van der Waals surface area contributed by atoms with E-state index in [1.165, 1.54) is 12.1 Å². The van der Waals surface area contributed by atoms with E-state index in [-0.39, 0.29) is 30.2 Å². The average molecular weight is 322 g/mol. The quantitative estimate of drug-likeness (QED) is 0.464. The van der Waals surface area contributed by atoms with Crippen LogP contribution in [-0.4, -0.2) is 41.0 Å². The van der Waals surface area contributed by atoms with Gasteiger partial charge in [-0.1, -0.05) is 0 Å². The van der Waals surface area contributed by atoms with Gasteiger partial charge in [-0.15, -0.1) is 0 Å². The fourth-order valence-corrected chi connectivity index (χ4v) is 2.43. The van der Waals surface area contributed by atoms with E-state index in [1.54, 1.807) is 0 Å². The van der Waals surface area contributed by atoms with Gasteiger partial charge in [0, 0.05) is 30.8 Å². The summed E-state index contributed by atoms with van der Waals surface area (Å²) in [6.45, 7) is 0.0209. The van der Waals surface area contributed by atoms with E-state index < -0.39 is 17.0 Å². The monoisotopic (exact) mass is 322 g/mol. The number of carbonyl (C=O) groups excluding carboxylic acids is 2. The highest BCUT2D eigenvalue weighted by atomic mass is 16.6. The van der Waals surface area contributed by atoms with Crippen LogP contribution < -0.4 is 5.32 Å². The Morgan fingerprint density at radius 1 is 1.43 bits per heavy atom. The Kier molecular flexibility index (Phi) is 5.64. The number of nitrogens with zero attached hydrogens (tertiary/aromatic N) is 1. The Balaban J connectivity index is 2.22. The van der Waals surface area contributed by atoms with Crippen molar-refractivity contribution in [1.82, 2.24) is 0 Å². The summed E-state index contributed by atoms with van der Waals surface area (Å²) in [5.74, 6) is -0.908. The van der Waals surface area contributed by atoms with Gasteiger partial charge in [-0.3, -0.25) is 14.9 Å². The molecule has 2 rings (SSSR count). The summed E-state index contributed by atoms with van der Waals surface area (Å²) >= 11 is 0. The predicted molar refractivity (Wildman–Crippen MR) is 81.4 cm³/mol. The molecule has 0 aliphatic heterocycles. The standard InChI is InChI=1S/C15H18N2O6/c18-8-7-16-12-6-5-10(17(21)22)9-11(12)15(20)23-14-4-2-1-3-13(14)19/h5-6,9,14,16,18H,1-4,7-8H2/t14-/m1/s1. The molecule has 0 saturated heterocycles. The molecule has 23 heavy (non-hydrogen) atoms. The first-order chi connectivity index (χ1) is 11.0. The molecule has 1 atom stereocenters. The molecule has 0 unspecified atom stereocenters. The third kappa shape index (κ3) is 4.26. The number of anilines is 1. The average Bonchev–Trinajstić information content (AvgIpc) is 2.54. The molecule has 1 fully saturated rings. The van der Waals surface area contributed by atoms with Crippen molar-refractivity contribution in [2.24, 2.45) is 0 Å². The summed E-state index contributed by atoms with van der Waals surface area (Å²) in [5.41, 5.74) is 0.0467. The molecule has 1 aliphatic rings. The minimum Gasteiger partial charge on any atom is -0.451 e. The van der Waals surface area contributed by atoms with Crippen LogP contribution in [0.15, 0.2) is 18.2 Å². The van der Waals surface area contributed by atoms with Crippen molar-refractivity contribution >= 4 is 23.1 Å². The van der Waals surface area contributed by atoms with Crippen molar-refractivity contribution < 1.29 is 24.4 Å². The number of hydrogen-bond donors (Lipinski definition) is 2. The molecule has 0 aromatic heterocycles. The van der Waals surface area contributed by atoms with Gasteiger partial charge in [-0.05, 0) is 25.3 Å². The number of aliphatic hydroxyl groups excluding tert-OH is 1. The Morgan fingerprint density at radius 2 is 2.22 bits per heavy atom. The maximum atomic E-state index is 12.3. The smallest absolute Gasteiger partial charge is 0.341 e. The second kappa shape index (κ2) is 7.68. The van der Waals surface area contributed by atoms with Crippen molar-refractivity contribution in [3.05, 3.63) is 33.9 Å². The summed E-state index contributed by atoms with van der Waals surface area (Å²) in [6, 6.07) is 3.74. The van der Waals surface area contributed by atoms with Gasteiger partial charge in [0.1, 0.15) is 0 Å². The zero-order chi connectivity index (χ0) is 16.8. The molecular weight excluding hydrogens is 304 g/mol. The number of ether oxygens (including phenoxy) is 1. The van der Waals surface area contributed by atoms with Crippen molar-refractivity contribution in [2.45, 2.75) is 31.8 Å². The lowest BCUT2D eigenvalue weighted by atomic mass is 9.96. The number of hydrogen-bond acceptors (Lipinski definition) is 7. The van der Waals surface area contributed by atoms with Gasteiger partial charge >= 0.3 is 5.97 Å². The summed E-state index contributed by atoms with van der Waals surface area (Å²) in [7, 11) is 0. The zero-order valence-corrected chi connectivity index (χ0v) is 12.5. The molecule has 1 aliphatic carbocycles. The number of aliphatic hydroxyl groups is 1. The molecule has 8 heteroatoms. The molecule has 2 N–H and O–H groups in total. The fraction of sp³-hybridized carbons (Fsp3) is 0.467. The summed E-state index contributed by atoms with van der Waals surface area (Å²) < 4.78 is 5.23. The molecule has 124 valence electrons. The first-order valence-corrected chi connectivity index (χ1v) is 7.40. The lowest BCUT2D eigenvalue weighted by Crippen LogP contribution is -2.30. The fourth-order valence-electron chi connectivity index (χ4n) is 2.43. The minimum absolute atomic E-state index is 0.0222. The molecule has 0 spiro atoms. The van der Waals surface area contributed by atoms with Gasteiger partial charge in [0.2, 0.25) is 0 Å². The molecule has 1 aromatic carbocycles. The molecule has 0 bridgehead atoms. The normalized spacial score (nSPS) is 17.6. The highest BCUT2D eigenvalue weighted by Gasteiger charge is 2.28. The number of nitro groups is 1. The van der Waals surface area contributed by atoms with Gasteiger partial charge in [-0.25, -0.2) is 4.79 Å². The Hall–Kier alpha value is -2.48. The van der Waals surface area contributed by atoms with E-state index in [4.69, 9.17) is 9.84 Å². The van der Waals surface area contributed by atoms with E-state index in [2.05, 4.69) is 5.32 Å². The van der Waals surface area contributed by atoms with Crippen molar-refractivity contribution in [3.8, 4) is 0 Å². The number of esters is 1. The Labute approximate surface area is 132 Å². The van der Waals surface area contributed by atoms with E-state index in [9.17, 15) is 19.7 Å². The molecular formula is C15H18N2O6. The second-order valence-corrected chi connectivity index (χ2v) is 5.24. The van der Waals surface area contributed by atoms with Crippen LogP contribution in [0.4, 0.5) is 11.4 Å². The molecule has 8 nitrogen and oxygen atoms in total. The Bertz CT molecular complexity index is 616. The maximum Gasteiger partial charge on any atom is 0.341 e. The number of rotatable bonds is 6. The largest absolute Gasteiger partial charge is 0.451 e. The minimum atomic E-state index is -0.791. The number of nitro benzene ring substituents is 1. The summed E-state index contributed by atoms with van der Waals surface area (Å²) in [6.07, 6.45) is 1.64. The van der Waals surface area contributed by atoms with Crippen molar-refractivity contribution in [2.75, 3.05) is 18.5 Å². The van der Waals surface area contributed by atoms with Crippen molar-refractivity contribution in [1.29, 1.82) is 0 Å². The SMILES string of the molecule is O=C(O[C@@H]1CCCCC1=O)c1cc([N+](=O)[O-])ccc1NCCO. The van der Waals surface area contributed by atoms with Crippen LogP contribution in [0.5, 0.6) is 0 Å². The second-order valence-electron chi connectivity index (χ2n) is 5.24. The van der Waals surface area contributed by atoms with Crippen LogP contribution in [0, 0.1) is 10.1 Å². The molecule has 0 amide bonds. The first kappa shape index (κ1) is 16.9. The molecule has 0 radical (unpaired) electrons. The van der Waals surface area contributed by atoms with Gasteiger partial charge in [0.05, 0.1) is 17.1 Å². The van der Waals surface area contributed by atoms with Crippen molar-refractivity contribution in [3.63, 3.8) is 0 Å². The number of benzene rings is 1. The third-order valence-corrected chi connectivity index (χ3v) is 3.61. The van der Waals surface area contributed by atoms with Gasteiger partial charge in [0.25, 0.3) is 5.69 Å². The van der Waals surface area contributed by atoms with Crippen LogP contribution in [-0.2, 0) is 9.53 Å². The maximum absolute atomic E-state index is 12.3. The van der Waals surface area contributed by atoms with Gasteiger partial charge in [-0.2, -0.15) is 0 Å². The third-order valence-electron chi connectivity index (χ3n) is 3.61. The number of ketones is 1. The summed E-state index contributed by atoms with van der Waals surface area (Å²) in [4.78, 5) is 34.3. The van der Waals surface area contributed by atoms with E-state index in [0.29, 0.717) is 18.5 Å². The number of carbonyl (C=O) groups is 2. The lowest BCUT2D eigenvalue weighted by Gasteiger charge is -2.21. The molecule has 1 aromatic rings. The van der Waals surface area contributed by atoms with E-state index in [1.807, 2.05) is 0 Å². The highest BCUT2D eigenvalue weighted by Crippen LogP contribution is 2.25. The number of Topliss-reactive ketones (excluding diaryl/α,β-unsaturated/α-hetero) is 1. The molecule has 0 heterocycles. The van der Waals surface area contributed by atoms with Crippen LogP contribution in [0.25, 0.3) is 0 Å². The van der Waals surface area contributed by atoms with Gasteiger partial charge in [0.15, 0.2) is 11.9 Å². The van der Waals surface area contributed by atoms with Gasteiger partial charge < -0.3 is 15.2 Å².